The fourth-order valence-corrected chi connectivity index (χ4v) is 3.11. The number of aliphatic hydroxyl groups excluding tert-OH is 1. The van der Waals surface area contributed by atoms with Crippen LogP contribution in [0.1, 0.15) is 33.1 Å². The molecular weight excluding hydrogens is 226 g/mol. The molecule has 0 aromatic rings. The molecule has 2 fully saturated rings. The van der Waals surface area contributed by atoms with E-state index in [9.17, 15) is 5.11 Å². The van der Waals surface area contributed by atoms with E-state index in [4.69, 9.17) is 0 Å². The van der Waals surface area contributed by atoms with Crippen LogP contribution in [0.15, 0.2) is 0 Å². The Hall–Kier alpha value is -0.160. The summed E-state index contributed by atoms with van der Waals surface area (Å²) in [6.45, 7) is 11.5. The summed E-state index contributed by atoms with van der Waals surface area (Å²) in [7, 11) is 0. The smallest absolute Gasteiger partial charge is 0.0599 e. The van der Waals surface area contributed by atoms with Crippen molar-refractivity contribution in [2.75, 3.05) is 45.9 Å². The van der Waals surface area contributed by atoms with Gasteiger partial charge in [0.1, 0.15) is 0 Å². The number of nitrogens with one attached hydrogen (secondary N) is 1. The Kier molecular flexibility index (Phi) is 5.01. The average Bonchev–Trinajstić information content (AvgIpc) is 2.37. The average molecular weight is 255 g/mol. The minimum absolute atomic E-state index is 0.174. The second kappa shape index (κ2) is 6.33. The first-order valence-corrected chi connectivity index (χ1v) is 7.43. The second-order valence-electron chi connectivity index (χ2n) is 6.47. The normalized spacial score (nSPS) is 30.5. The zero-order valence-corrected chi connectivity index (χ0v) is 12.0. The Morgan fingerprint density at radius 1 is 1.17 bits per heavy atom. The van der Waals surface area contributed by atoms with E-state index in [1.807, 2.05) is 0 Å². The summed E-state index contributed by atoms with van der Waals surface area (Å²) in [5.41, 5.74) is 0.174. The van der Waals surface area contributed by atoms with Gasteiger partial charge in [0.25, 0.3) is 0 Å². The fraction of sp³-hybridized carbons (Fsp3) is 1.00. The van der Waals surface area contributed by atoms with E-state index in [1.165, 1.54) is 32.4 Å². The maximum Gasteiger partial charge on any atom is 0.0599 e. The largest absolute Gasteiger partial charge is 0.395 e. The molecule has 1 atom stereocenters. The van der Waals surface area contributed by atoms with Crippen LogP contribution in [0.2, 0.25) is 0 Å². The molecule has 0 radical (unpaired) electrons. The number of piperidine rings is 1. The molecule has 2 saturated heterocycles. The third-order valence-corrected chi connectivity index (χ3v) is 4.29. The number of nitrogens with zero attached hydrogens (tertiary/aromatic N) is 2. The maximum atomic E-state index is 9.47. The van der Waals surface area contributed by atoms with Gasteiger partial charge in [0.15, 0.2) is 0 Å². The minimum Gasteiger partial charge on any atom is -0.395 e. The van der Waals surface area contributed by atoms with Gasteiger partial charge in [-0.05, 0) is 39.8 Å². The highest BCUT2D eigenvalue weighted by atomic mass is 16.3. The monoisotopic (exact) mass is 255 g/mol. The molecule has 4 nitrogen and oxygen atoms in total. The molecule has 106 valence electrons. The Labute approximate surface area is 111 Å². The second-order valence-corrected chi connectivity index (χ2v) is 6.47. The minimum atomic E-state index is 0.174. The van der Waals surface area contributed by atoms with Crippen molar-refractivity contribution in [3.8, 4) is 0 Å². The third kappa shape index (κ3) is 3.92. The SMILES string of the molecule is CC1(C)CN(CCN2CCCCC2)C(CO)CN1. The molecule has 0 aromatic carbocycles. The predicted molar refractivity (Wildman–Crippen MR) is 74.8 cm³/mol. The summed E-state index contributed by atoms with van der Waals surface area (Å²) in [5.74, 6) is 0. The van der Waals surface area contributed by atoms with E-state index in [1.54, 1.807) is 0 Å². The number of hydrogen-bond donors (Lipinski definition) is 2. The summed E-state index contributed by atoms with van der Waals surface area (Å²) in [6, 6.07) is 0.294. The van der Waals surface area contributed by atoms with Crippen molar-refractivity contribution >= 4 is 0 Å². The van der Waals surface area contributed by atoms with Crippen LogP contribution < -0.4 is 5.32 Å². The van der Waals surface area contributed by atoms with Crippen LogP contribution in [0.25, 0.3) is 0 Å². The van der Waals surface area contributed by atoms with Crippen molar-refractivity contribution in [2.45, 2.75) is 44.7 Å². The molecule has 0 aromatic heterocycles. The highest BCUT2D eigenvalue weighted by molar-refractivity contribution is 4.92. The molecule has 2 N–H and O–H groups in total. The Morgan fingerprint density at radius 2 is 1.89 bits per heavy atom. The lowest BCUT2D eigenvalue weighted by molar-refractivity contribution is 0.0472. The van der Waals surface area contributed by atoms with Crippen molar-refractivity contribution in [1.82, 2.24) is 15.1 Å². The van der Waals surface area contributed by atoms with Gasteiger partial charge in [-0.25, -0.2) is 0 Å². The van der Waals surface area contributed by atoms with Gasteiger partial charge in [-0.1, -0.05) is 6.42 Å². The lowest BCUT2D eigenvalue weighted by atomic mass is 9.99. The molecule has 0 spiro atoms. The van der Waals surface area contributed by atoms with Gasteiger partial charge >= 0.3 is 0 Å². The number of aliphatic hydroxyl groups is 1. The lowest BCUT2D eigenvalue weighted by Gasteiger charge is -2.44. The number of likely N-dealkylation sites (tertiary alicyclic amines) is 1. The van der Waals surface area contributed by atoms with Crippen molar-refractivity contribution in [1.29, 1.82) is 0 Å². The van der Waals surface area contributed by atoms with Crippen molar-refractivity contribution < 1.29 is 5.11 Å². The first kappa shape index (κ1) is 14.3. The summed E-state index contributed by atoms with van der Waals surface area (Å²) < 4.78 is 0. The first-order chi connectivity index (χ1) is 8.61. The van der Waals surface area contributed by atoms with Crippen LogP contribution in [0.5, 0.6) is 0 Å². The highest BCUT2D eigenvalue weighted by Gasteiger charge is 2.31. The summed E-state index contributed by atoms with van der Waals surface area (Å²) in [4.78, 5) is 5.04. The van der Waals surface area contributed by atoms with Crippen molar-refractivity contribution in [3.05, 3.63) is 0 Å². The van der Waals surface area contributed by atoms with E-state index >= 15 is 0 Å². The van der Waals surface area contributed by atoms with Gasteiger partial charge in [0.2, 0.25) is 0 Å². The molecule has 2 rings (SSSR count). The quantitative estimate of drug-likeness (QED) is 0.768. The van der Waals surface area contributed by atoms with Gasteiger partial charge in [0, 0.05) is 37.8 Å². The molecule has 0 bridgehead atoms. The molecule has 4 heteroatoms. The number of piperazine rings is 1. The van der Waals surface area contributed by atoms with E-state index in [0.717, 1.165) is 26.2 Å². The molecular formula is C14H29N3O. The van der Waals surface area contributed by atoms with Crippen LogP contribution in [0.3, 0.4) is 0 Å². The molecule has 2 aliphatic rings. The van der Waals surface area contributed by atoms with E-state index in [-0.39, 0.29) is 12.1 Å². The Morgan fingerprint density at radius 3 is 2.56 bits per heavy atom. The zero-order valence-electron chi connectivity index (χ0n) is 12.0. The first-order valence-electron chi connectivity index (χ1n) is 7.43. The molecule has 1 unspecified atom stereocenters. The summed E-state index contributed by atoms with van der Waals surface area (Å²) >= 11 is 0. The van der Waals surface area contributed by atoms with Gasteiger partial charge in [0.05, 0.1) is 6.61 Å². The maximum absolute atomic E-state index is 9.47. The Bertz CT molecular complexity index is 251. The van der Waals surface area contributed by atoms with Crippen LogP contribution in [0, 0.1) is 0 Å². The van der Waals surface area contributed by atoms with Crippen LogP contribution in [-0.2, 0) is 0 Å². The zero-order chi connectivity index (χ0) is 13.0. The summed E-state index contributed by atoms with van der Waals surface area (Å²) in [6.07, 6.45) is 4.11. The van der Waals surface area contributed by atoms with E-state index in [0.29, 0.717) is 6.04 Å². The van der Waals surface area contributed by atoms with Crippen LogP contribution in [0.4, 0.5) is 0 Å². The van der Waals surface area contributed by atoms with Gasteiger partial charge in [-0.2, -0.15) is 0 Å². The predicted octanol–water partition coefficient (Wildman–Crippen LogP) is 0.517. The molecule has 0 saturated carbocycles. The summed E-state index contributed by atoms with van der Waals surface area (Å²) in [5, 5.41) is 13.0. The van der Waals surface area contributed by atoms with E-state index in [2.05, 4.69) is 29.0 Å². The van der Waals surface area contributed by atoms with Crippen molar-refractivity contribution in [3.63, 3.8) is 0 Å². The molecule has 0 amide bonds. The molecule has 0 aliphatic carbocycles. The topological polar surface area (TPSA) is 38.7 Å². The fourth-order valence-electron chi connectivity index (χ4n) is 3.11. The molecule has 2 heterocycles. The Balaban J connectivity index is 1.80. The number of hydrogen-bond acceptors (Lipinski definition) is 4. The molecule has 18 heavy (non-hydrogen) atoms. The van der Waals surface area contributed by atoms with Gasteiger partial charge < -0.3 is 15.3 Å². The number of rotatable bonds is 4. The van der Waals surface area contributed by atoms with Crippen LogP contribution >= 0.6 is 0 Å². The van der Waals surface area contributed by atoms with Crippen molar-refractivity contribution in [2.24, 2.45) is 0 Å². The lowest BCUT2D eigenvalue weighted by Crippen LogP contribution is -2.63. The standard InChI is InChI=1S/C14H29N3O/c1-14(2)12-17(13(11-18)10-15-14)9-8-16-6-4-3-5-7-16/h13,15,18H,3-12H2,1-2H3. The third-order valence-electron chi connectivity index (χ3n) is 4.29. The molecule has 2 aliphatic heterocycles. The van der Waals surface area contributed by atoms with Crippen LogP contribution in [-0.4, -0.2) is 72.4 Å². The van der Waals surface area contributed by atoms with Gasteiger partial charge in [-0.15, -0.1) is 0 Å². The highest BCUT2D eigenvalue weighted by Crippen LogP contribution is 2.15. The van der Waals surface area contributed by atoms with Gasteiger partial charge in [-0.3, -0.25) is 4.90 Å². The van der Waals surface area contributed by atoms with E-state index < -0.39 is 0 Å².